The van der Waals surface area contributed by atoms with Crippen LogP contribution in [0.5, 0.6) is 5.75 Å². The highest BCUT2D eigenvalue weighted by Crippen LogP contribution is 2.16. The van der Waals surface area contributed by atoms with E-state index in [1.54, 1.807) is 35.0 Å². The van der Waals surface area contributed by atoms with E-state index in [0.29, 0.717) is 17.1 Å². The van der Waals surface area contributed by atoms with Gasteiger partial charge >= 0.3 is 5.97 Å². The Kier molecular flexibility index (Phi) is 3.27. The zero-order chi connectivity index (χ0) is 14.8. The third-order valence-corrected chi connectivity index (χ3v) is 3.03. The maximum atomic E-state index is 13.1. The number of carboxylic acids is 1. The first kappa shape index (κ1) is 13.1. The molecule has 2 heterocycles. The smallest absolute Gasteiger partial charge is 0.339 e. The number of halogens is 1. The fourth-order valence-corrected chi connectivity index (χ4v) is 2.05. The van der Waals surface area contributed by atoms with Crippen molar-refractivity contribution in [3.8, 4) is 5.75 Å². The molecule has 0 spiro atoms. The summed E-state index contributed by atoms with van der Waals surface area (Å²) in [5.74, 6) is -1.01. The molecule has 0 amide bonds. The summed E-state index contributed by atoms with van der Waals surface area (Å²) in [5.41, 5.74) is 1.15. The molecule has 3 aromatic rings. The van der Waals surface area contributed by atoms with Gasteiger partial charge in [0, 0.05) is 12.3 Å². The number of pyridine rings is 1. The van der Waals surface area contributed by atoms with E-state index in [-0.39, 0.29) is 18.0 Å². The number of fused-ring (bicyclic) bond motifs is 1. The SMILES string of the molecule is O=C(O)c1cccn2c(COc3cccc(F)c3)cnc12. The second-order valence-corrected chi connectivity index (χ2v) is 4.42. The van der Waals surface area contributed by atoms with Crippen LogP contribution in [0.4, 0.5) is 4.39 Å². The van der Waals surface area contributed by atoms with Crippen LogP contribution in [0.1, 0.15) is 16.1 Å². The Balaban J connectivity index is 1.88. The van der Waals surface area contributed by atoms with E-state index < -0.39 is 5.97 Å². The van der Waals surface area contributed by atoms with Gasteiger partial charge in [-0.15, -0.1) is 0 Å². The Morgan fingerprint density at radius 3 is 2.95 bits per heavy atom. The minimum atomic E-state index is -1.04. The van der Waals surface area contributed by atoms with Gasteiger partial charge in [-0.2, -0.15) is 0 Å². The van der Waals surface area contributed by atoms with Crippen molar-refractivity contribution < 1.29 is 19.0 Å². The van der Waals surface area contributed by atoms with E-state index >= 15 is 0 Å². The normalized spacial score (nSPS) is 10.7. The van der Waals surface area contributed by atoms with Gasteiger partial charge in [-0.25, -0.2) is 14.2 Å². The summed E-state index contributed by atoms with van der Waals surface area (Å²) >= 11 is 0. The van der Waals surface area contributed by atoms with Gasteiger partial charge in [-0.3, -0.25) is 4.40 Å². The number of carbonyl (C=O) groups is 1. The Morgan fingerprint density at radius 1 is 1.33 bits per heavy atom. The van der Waals surface area contributed by atoms with Gasteiger partial charge in [-0.05, 0) is 24.3 Å². The number of aromatic nitrogens is 2. The van der Waals surface area contributed by atoms with Crippen LogP contribution in [0.3, 0.4) is 0 Å². The lowest BCUT2D eigenvalue weighted by molar-refractivity contribution is 0.0698. The number of nitrogens with zero attached hydrogens (tertiary/aromatic N) is 2. The maximum absolute atomic E-state index is 13.1. The third kappa shape index (κ3) is 2.55. The molecule has 106 valence electrons. The van der Waals surface area contributed by atoms with Crippen molar-refractivity contribution in [1.29, 1.82) is 0 Å². The highest BCUT2D eigenvalue weighted by Gasteiger charge is 2.12. The van der Waals surface area contributed by atoms with Crippen molar-refractivity contribution in [1.82, 2.24) is 9.38 Å². The molecule has 0 aliphatic heterocycles. The van der Waals surface area contributed by atoms with Gasteiger partial charge < -0.3 is 9.84 Å². The van der Waals surface area contributed by atoms with Gasteiger partial charge in [-0.1, -0.05) is 6.07 Å². The predicted molar refractivity (Wildman–Crippen MR) is 72.9 cm³/mol. The lowest BCUT2D eigenvalue weighted by atomic mass is 10.3. The standard InChI is InChI=1S/C15H11FN2O3/c16-10-3-1-4-12(7-10)21-9-11-8-17-14-13(15(19)20)5-2-6-18(11)14/h1-8H,9H2,(H,19,20). The summed E-state index contributed by atoms with van der Waals surface area (Å²) in [7, 11) is 0. The van der Waals surface area contributed by atoms with Gasteiger partial charge in [0.05, 0.1) is 11.9 Å². The Bertz CT molecular complexity index is 814. The number of carboxylic acid groups (broad SMARTS) is 1. The summed E-state index contributed by atoms with van der Waals surface area (Å²) < 4.78 is 20.2. The van der Waals surface area contributed by atoms with Crippen LogP contribution in [0.25, 0.3) is 5.65 Å². The summed E-state index contributed by atoms with van der Waals surface area (Å²) in [4.78, 5) is 15.2. The van der Waals surface area contributed by atoms with Crippen LogP contribution in [-0.4, -0.2) is 20.5 Å². The Hall–Kier alpha value is -2.89. The monoisotopic (exact) mass is 286 g/mol. The highest BCUT2D eigenvalue weighted by molar-refractivity contribution is 5.94. The second kappa shape index (κ2) is 5.24. The molecule has 0 aliphatic rings. The molecule has 0 fully saturated rings. The molecule has 0 atom stereocenters. The number of benzene rings is 1. The van der Waals surface area contributed by atoms with Crippen molar-refractivity contribution in [2.75, 3.05) is 0 Å². The number of ether oxygens (including phenoxy) is 1. The molecular weight excluding hydrogens is 275 g/mol. The number of hydrogen-bond donors (Lipinski definition) is 1. The first-order valence-corrected chi connectivity index (χ1v) is 6.22. The quantitative estimate of drug-likeness (QED) is 0.801. The summed E-state index contributed by atoms with van der Waals surface area (Å²) in [6, 6.07) is 8.94. The lowest BCUT2D eigenvalue weighted by Gasteiger charge is -2.06. The number of rotatable bonds is 4. The first-order valence-electron chi connectivity index (χ1n) is 6.22. The predicted octanol–water partition coefficient (Wildman–Crippen LogP) is 2.75. The third-order valence-electron chi connectivity index (χ3n) is 3.03. The molecule has 0 unspecified atom stereocenters. The van der Waals surface area contributed by atoms with Crippen LogP contribution in [0.15, 0.2) is 48.8 Å². The molecule has 1 aromatic carbocycles. The molecule has 21 heavy (non-hydrogen) atoms. The zero-order valence-electron chi connectivity index (χ0n) is 10.9. The fraction of sp³-hybridized carbons (Fsp3) is 0.0667. The van der Waals surface area contributed by atoms with Crippen LogP contribution in [-0.2, 0) is 6.61 Å². The molecule has 0 radical (unpaired) electrons. The lowest BCUT2D eigenvalue weighted by Crippen LogP contribution is -2.03. The molecule has 3 rings (SSSR count). The minimum absolute atomic E-state index is 0.120. The molecule has 1 N–H and O–H groups in total. The fourth-order valence-electron chi connectivity index (χ4n) is 2.05. The van der Waals surface area contributed by atoms with Crippen LogP contribution < -0.4 is 4.74 Å². The average molecular weight is 286 g/mol. The summed E-state index contributed by atoms with van der Waals surface area (Å²) in [5, 5.41) is 9.10. The topological polar surface area (TPSA) is 63.8 Å². The largest absolute Gasteiger partial charge is 0.487 e. The van der Waals surface area contributed by atoms with Crippen molar-refractivity contribution in [2.45, 2.75) is 6.61 Å². The van der Waals surface area contributed by atoms with E-state index in [9.17, 15) is 9.18 Å². The molecule has 0 bridgehead atoms. The van der Waals surface area contributed by atoms with Gasteiger partial charge in [0.1, 0.15) is 23.7 Å². The summed E-state index contributed by atoms with van der Waals surface area (Å²) in [6.45, 7) is 0.160. The molecule has 6 heteroatoms. The van der Waals surface area contributed by atoms with Gasteiger partial charge in [0.15, 0.2) is 5.65 Å². The molecule has 5 nitrogen and oxygen atoms in total. The van der Waals surface area contributed by atoms with Crippen molar-refractivity contribution in [2.24, 2.45) is 0 Å². The van der Waals surface area contributed by atoms with E-state index in [0.717, 1.165) is 0 Å². The molecular formula is C15H11FN2O3. The molecule has 0 aliphatic carbocycles. The molecule has 0 saturated heterocycles. The highest BCUT2D eigenvalue weighted by atomic mass is 19.1. The van der Waals surface area contributed by atoms with E-state index in [1.165, 1.54) is 18.2 Å². The van der Waals surface area contributed by atoms with E-state index in [4.69, 9.17) is 9.84 Å². The first-order chi connectivity index (χ1) is 10.1. The van der Waals surface area contributed by atoms with E-state index in [2.05, 4.69) is 4.98 Å². The van der Waals surface area contributed by atoms with Gasteiger partial charge in [0.2, 0.25) is 0 Å². The Morgan fingerprint density at radius 2 is 2.19 bits per heavy atom. The molecule has 0 saturated carbocycles. The molecule has 2 aromatic heterocycles. The minimum Gasteiger partial charge on any atom is -0.487 e. The maximum Gasteiger partial charge on any atom is 0.339 e. The van der Waals surface area contributed by atoms with Gasteiger partial charge in [0.25, 0.3) is 0 Å². The zero-order valence-corrected chi connectivity index (χ0v) is 10.9. The van der Waals surface area contributed by atoms with E-state index in [1.807, 2.05) is 0 Å². The number of aromatic carboxylic acids is 1. The number of imidazole rings is 1. The average Bonchev–Trinajstić information content (AvgIpc) is 2.88. The number of hydrogen-bond acceptors (Lipinski definition) is 3. The summed E-state index contributed by atoms with van der Waals surface area (Å²) in [6.07, 6.45) is 3.25. The van der Waals surface area contributed by atoms with Crippen molar-refractivity contribution >= 4 is 11.6 Å². The van der Waals surface area contributed by atoms with Crippen LogP contribution >= 0.6 is 0 Å². The Labute approximate surface area is 119 Å². The van der Waals surface area contributed by atoms with Crippen LogP contribution in [0.2, 0.25) is 0 Å². The van der Waals surface area contributed by atoms with Crippen molar-refractivity contribution in [3.05, 3.63) is 65.9 Å². The van der Waals surface area contributed by atoms with Crippen LogP contribution in [0, 0.1) is 5.82 Å². The van der Waals surface area contributed by atoms with Crippen molar-refractivity contribution in [3.63, 3.8) is 0 Å². The second-order valence-electron chi connectivity index (χ2n) is 4.42.